The third-order valence-electron chi connectivity index (χ3n) is 1.71. The minimum atomic E-state index is -2.92. The Labute approximate surface area is 81.1 Å². The van der Waals surface area contributed by atoms with E-state index in [0.29, 0.717) is 0 Å². The van der Waals surface area contributed by atoms with Gasteiger partial charge in [0.2, 0.25) is 0 Å². The average molecular weight is 205 g/mol. The predicted octanol–water partition coefficient (Wildman–Crippen LogP) is 0.975. The summed E-state index contributed by atoms with van der Waals surface area (Å²) in [5.74, 6) is 0.141. The van der Waals surface area contributed by atoms with Crippen molar-refractivity contribution in [2.24, 2.45) is 0 Å². The van der Waals surface area contributed by atoms with Crippen molar-refractivity contribution in [1.29, 1.82) is 0 Å². The van der Waals surface area contributed by atoms with Gasteiger partial charge in [0.15, 0.2) is 0 Å². The van der Waals surface area contributed by atoms with Crippen LogP contribution in [0.5, 0.6) is 0 Å². The summed E-state index contributed by atoms with van der Waals surface area (Å²) >= 11 is 0. The van der Waals surface area contributed by atoms with Crippen LogP contribution in [0.15, 0.2) is 12.2 Å². The second-order valence-corrected chi connectivity index (χ2v) is 5.63. The van der Waals surface area contributed by atoms with E-state index in [2.05, 4.69) is 11.9 Å². The second kappa shape index (κ2) is 5.40. The molecule has 0 heterocycles. The maximum Gasteiger partial charge on any atom is 0.149 e. The largest absolute Gasteiger partial charge is 0.309 e. The van der Waals surface area contributed by atoms with Gasteiger partial charge in [0.1, 0.15) is 9.84 Å². The molecule has 0 aliphatic rings. The number of hydrogen-bond donors (Lipinski definition) is 1. The third kappa shape index (κ3) is 6.78. The zero-order valence-corrected chi connectivity index (χ0v) is 9.45. The Morgan fingerprint density at radius 1 is 1.54 bits per heavy atom. The van der Waals surface area contributed by atoms with Crippen LogP contribution in [0.3, 0.4) is 0 Å². The summed E-state index contributed by atoms with van der Waals surface area (Å²) in [5.41, 5.74) is 0.874. The molecule has 0 aromatic carbocycles. The number of rotatable bonds is 6. The first-order valence-corrected chi connectivity index (χ1v) is 6.49. The van der Waals surface area contributed by atoms with Crippen LogP contribution in [-0.4, -0.2) is 33.0 Å². The van der Waals surface area contributed by atoms with E-state index in [4.69, 9.17) is 0 Å². The summed E-state index contributed by atoms with van der Waals surface area (Å²) in [4.78, 5) is 0. The molecule has 0 amide bonds. The zero-order chi connectivity index (χ0) is 10.5. The van der Waals surface area contributed by atoms with E-state index in [9.17, 15) is 8.42 Å². The van der Waals surface area contributed by atoms with E-state index in [1.807, 2.05) is 13.8 Å². The number of sulfone groups is 1. The molecule has 0 saturated heterocycles. The molecule has 4 heteroatoms. The van der Waals surface area contributed by atoms with Crippen LogP contribution in [0, 0.1) is 0 Å². The normalized spacial score (nSPS) is 14.1. The molecule has 0 radical (unpaired) electrons. The van der Waals surface area contributed by atoms with Gasteiger partial charge in [0.25, 0.3) is 0 Å². The lowest BCUT2D eigenvalue weighted by molar-refractivity contribution is 0.569. The van der Waals surface area contributed by atoms with Gasteiger partial charge in [-0.1, -0.05) is 19.1 Å². The molecule has 0 rings (SSSR count). The fourth-order valence-electron chi connectivity index (χ4n) is 0.997. The maximum absolute atomic E-state index is 11.0. The Balaban J connectivity index is 4.19. The lowest BCUT2D eigenvalue weighted by atomic mass is 10.2. The van der Waals surface area contributed by atoms with Crippen LogP contribution >= 0.6 is 0 Å². The standard InChI is InChI=1S/C9H19NO2S/c1-5-6-10-9(8(2)3)7-13(4,11)12/h9-10H,2,5-7H2,1,3-4H3. The van der Waals surface area contributed by atoms with Gasteiger partial charge in [-0.2, -0.15) is 0 Å². The number of hydrogen-bond acceptors (Lipinski definition) is 3. The molecule has 0 saturated carbocycles. The van der Waals surface area contributed by atoms with Crippen LogP contribution in [0.4, 0.5) is 0 Å². The Bertz CT molecular complexity index is 257. The Kier molecular flexibility index (Phi) is 5.25. The zero-order valence-electron chi connectivity index (χ0n) is 8.63. The summed E-state index contributed by atoms with van der Waals surface area (Å²) < 4.78 is 22.1. The molecule has 78 valence electrons. The number of nitrogens with one attached hydrogen (secondary N) is 1. The fraction of sp³-hybridized carbons (Fsp3) is 0.778. The molecule has 3 nitrogen and oxygen atoms in total. The van der Waals surface area contributed by atoms with Crippen LogP contribution in [0.25, 0.3) is 0 Å². The van der Waals surface area contributed by atoms with Crippen molar-refractivity contribution >= 4 is 9.84 Å². The van der Waals surface area contributed by atoms with Gasteiger partial charge in [-0.25, -0.2) is 8.42 Å². The smallest absolute Gasteiger partial charge is 0.149 e. The Morgan fingerprint density at radius 3 is 2.38 bits per heavy atom. The molecule has 0 fully saturated rings. The Hall–Kier alpha value is -0.350. The highest BCUT2D eigenvalue weighted by molar-refractivity contribution is 7.90. The lowest BCUT2D eigenvalue weighted by Gasteiger charge is -2.17. The molecule has 0 aliphatic heterocycles. The lowest BCUT2D eigenvalue weighted by Crippen LogP contribution is -2.36. The molecule has 0 aliphatic carbocycles. The van der Waals surface area contributed by atoms with Gasteiger partial charge in [-0.05, 0) is 19.9 Å². The quantitative estimate of drug-likeness (QED) is 0.657. The van der Waals surface area contributed by atoms with E-state index in [-0.39, 0.29) is 11.8 Å². The van der Waals surface area contributed by atoms with E-state index in [1.165, 1.54) is 6.26 Å². The summed E-state index contributed by atoms with van der Waals surface area (Å²) in [6.07, 6.45) is 2.24. The van der Waals surface area contributed by atoms with Gasteiger partial charge < -0.3 is 5.32 Å². The molecule has 0 spiro atoms. The topological polar surface area (TPSA) is 46.2 Å². The van der Waals surface area contributed by atoms with Crippen molar-refractivity contribution in [2.45, 2.75) is 26.3 Å². The van der Waals surface area contributed by atoms with Gasteiger partial charge in [0.05, 0.1) is 5.75 Å². The minimum absolute atomic E-state index is 0.102. The van der Waals surface area contributed by atoms with Crippen LogP contribution in [0.2, 0.25) is 0 Å². The maximum atomic E-state index is 11.0. The SMILES string of the molecule is C=C(C)C(CS(C)(=O)=O)NCCC. The summed E-state index contributed by atoms with van der Waals surface area (Å²) in [5, 5.41) is 3.15. The molecule has 1 N–H and O–H groups in total. The predicted molar refractivity (Wildman–Crippen MR) is 56.6 cm³/mol. The van der Waals surface area contributed by atoms with E-state index in [1.54, 1.807) is 0 Å². The monoisotopic (exact) mass is 205 g/mol. The molecular weight excluding hydrogens is 186 g/mol. The molecule has 0 aromatic heterocycles. The van der Waals surface area contributed by atoms with Crippen molar-refractivity contribution in [3.05, 3.63) is 12.2 Å². The van der Waals surface area contributed by atoms with E-state index < -0.39 is 9.84 Å². The van der Waals surface area contributed by atoms with Gasteiger partial charge >= 0.3 is 0 Å². The second-order valence-electron chi connectivity index (χ2n) is 3.45. The van der Waals surface area contributed by atoms with Gasteiger partial charge in [-0.15, -0.1) is 0 Å². The van der Waals surface area contributed by atoms with Crippen LogP contribution in [-0.2, 0) is 9.84 Å². The van der Waals surface area contributed by atoms with Gasteiger partial charge in [0, 0.05) is 12.3 Å². The summed E-state index contributed by atoms with van der Waals surface area (Å²) in [7, 11) is -2.92. The van der Waals surface area contributed by atoms with Crippen molar-refractivity contribution in [1.82, 2.24) is 5.32 Å². The molecule has 1 atom stereocenters. The highest BCUT2D eigenvalue weighted by Gasteiger charge is 2.14. The van der Waals surface area contributed by atoms with Crippen LogP contribution < -0.4 is 5.32 Å². The van der Waals surface area contributed by atoms with Crippen molar-refractivity contribution in [3.8, 4) is 0 Å². The molecular formula is C9H19NO2S. The van der Waals surface area contributed by atoms with Crippen molar-refractivity contribution in [2.75, 3.05) is 18.6 Å². The first-order chi connectivity index (χ1) is 5.87. The van der Waals surface area contributed by atoms with Crippen molar-refractivity contribution in [3.63, 3.8) is 0 Å². The van der Waals surface area contributed by atoms with Crippen LogP contribution in [0.1, 0.15) is 20.3 Å². The fourth-order valence-corrected chi connectivity index (χ4v) is 2.00. The average Bonchev–Trinajstić information content (AvgIpc) is 1.95. The highest BCUT2D eigenvalue weighted by Crippen LogP contribution is 2.01. The minimum Gasteiger partial charge on any atom is -0.309 e. The third-order valence-corrected chi connectivity index (χ3v) is 2.64. The molecule has 0 bridgehead atoms. The molecule has 13 heavy (non-hydrogen) atoms. The van der Waals surface area contributed by atoms with E-state index >= 15 is 0 Å². The molecule has 1 unspecified atom stereocenters. The summed E-state index contributed by atoms with van der Waals surface area (Å²) in [6.45, 7) is 8.48. The van der Waals surface area contributed by atoms with Crippen molar-refractivity contribution < 1.29 is 8.42 Å². The highest BCUT2D eigenvalue weighted by atomic mass is 32.2. The first kappa shape index (κ1) is 12.7. The molecule has 0 aromatic rings. The van der Waals surface area contributed by atoms with E-state index in [0.717, 1.165) is 18.5 Å². The van der Waals surface area contributed by atoms with Gasteiger partial charge in [-0.3, -0.25) is 0 Å². The first-order valence-electron chi connectivity index (χ1n) is 4.43. The Morgan fingerprint density at radius 2 is 2.08 bits per heavy atom. The summed E-state index contributed by atoms with van der Waals surface area (Å²) in [6, 6.07) is -0.102.